The van der Waals surface area contributed by atoms with Crippen LogP contribution in [0.15, 0.2) is 24.3 Å². The van der Waals surface area contributed by atoms with Crippen molar-refractivity contribution in [1.82, 2.24) is 0 Å². The van der Waals surface area contributed by atoms with Gasteiger partial charge < -0.3 is 10.0 Å². The summed E-state index contributed by atoms with van der Waals surface area (Å²) in [4.78, 5) is 2.48. The Morgan fingerprint density at radius 2 is 2.12 bits per heavy atom. The van der Waals surface area contributed by atoms with E-state index in [-0.39, 0.29) is 5.41 Å². The van der Waals surface area contributed by atoms with Gasteiger partial charge in [0.15, 0.2) is 0 Å². The van der Waals surface area contributed by atoms with Crippen molar-refractivity contribution in [2.24, 2.45) is 5.41 Å². The standard InChI is InChI=1S/C14H19NO/c1-11-8-12-4-2-3-5-13(12)15(11)9-14(10-16)6-7-14/h2-5,11,16H,6-10H2,1H3. The molecular formula is C14H19NO. The summed E-state index contributed by atoms with van der Waals surface area (Å²) in [5.74, 6) is 0. The second kappa shape index (κ2) is 3.49. The molecule has 1 N–H and O–H groups in total. The summed E-state index contributed by atoms with van der Waals surface area (Å²) < 4.78 is 0. The summed E-state index contributed by atoms with van der Waals surface area (Å²) in [6.45, 7) is 3.66. The van der Waals surface area contributed by atoms with Gasteiger partial charge >= 0.3 is 0 Å². The van der Waals surface area contributed by atoms with Crippen molar-refractivity contribution < 1.29 is 5.11 Å². The van der Waals surface area contributed by atoms with Crippen molar-refractivity contribution in [1.29, 1.82) is 0 Å². The lowest BCUT2D eigenvalue weighted by atomic mass is 10.1. The summed E-state index contributed by atoms with van der Waals surface area (Å²) >= 11 is 0. The van der Waals surface area contributed by atoms with Crippen molar-refractivity contribution >= 4 is 5.69 Å². The van der Waals surface area contributed by atoms with Crippen molar-refractivity contribution in [2.75, 3.05) is 18.1 Å². The number of para-hydroxylation sites is 1. The number of hydrogen-bond donors (Lipinski definition) is 1. The van der Waals surface area contributed by atoms with E-state index in [1.807, 2.05) is 0 Å². The third kappa shape index (κ3) is 1.52. The van der Waals surface area contributed by atoms with Crippen LogP contribution in [0.5, 0.6) is 0 Å². The van der Waals surface area contributed by atoms with E-state index in [4.69, 9.17) is 0 Å². The number of aliphatic hydroxyl groups is 1. The predicted molar refractivity (Wildman–Crippen MR) is 65.7 cm³/mol. The Hall–Kier alpha value is -1.02. The smallest absolute Gasteiger partial charge is 0.0504 e. The maximum atomic E-state index is 9.42. The summed E-state index contributed by atoms with van der Waals surface area (Å²) in [6.07, 6.45) is 3.53. The maximum Gasteiger partial charge on any atom is 0.0504 e. The molecule has 1 heterocycles. The number of rotatable bonds is 3. The number of nitrogens with zero attached hydrogens (tertiary/aromatic N) is 1. The fraction of sp³-hybridized carbons (Fsp3) is 0.571. The molecule has 0 spiro atoms. The van der Waals surface area contributed by atoms with Crippen LogP contribution in [-0.4, -0.2) is 24.3 Å². The molecule has 1 aliphatic heterocycles. The molecule has 2 heteroatoms. The van der Waals surface area contributed by atoms with Gasteiger partial charge in [0.25, 0.3) is 0 Å². The second-order valence-electron chi connectivity index (χ2n) is 5.47. The third-order valence-electron chi connectivity index (χ3n) is 4.15. The average Bonchev–Trinajstić information content (AvgIpc) is 3.01. The van der Waals surface area contributed by atoms with Crippen LogP contribution in [0.3, 0.4) is 0 Å². The van der Waals surface area contributed by atoms with E-state index < -0.39 is 0 Å². The lowest BCUT2D eigenvalue weighted by molar-refractivity contribution is 0.213. The van der Waals surface area contributed by atoms with E-state index in [2.05, 4.69) is 36.1 Å². The summed E-state index contributed by atoms with van der Waals surface area (Å²) in [5.41, 5.74) is 3.06. The minimum absolute atomic E-state index is 0.214. The van der Waals surface area contributed by atoms with Crippen molar-refractivity contribution in [3.05, 3.63) is 29.8 Å². The molecule has 1 unspecified atom stereocenters. The van der Waals surface area contributed by atoms with Crippen LogP contribution < -0.4 is 4.90 Å². The van der Waals surface area contributed by atoms with Crippen LogP contribution in [0.4, 0.5) is 5.69 Å². The SMILES string of the molecule is CC1Cc2ccccc2N1CC1(CO)CC1. The molecule has 2 nitrogen and oxygen atoms in total. The molecule has 0 saturated heterocycles. The third-order valence-corrected chi connectivity index (χ3v) is 4.15. The molecule has 86 valence electrons. The van der Waals surface area contributed by atoms with Gasteiger partial charge in [0.05, 0.1) is 6.61 Å². The van der Waals surface area contributed by atoms with E-state index in [0.29, 0.717) is 12.6 Å². The Balaban J connectivity index is 1.85. The van der Waals surface area contributed by atoms with Crippen LogP contribution in [-0.2, 0) is 6.42 Å². The highest BCUT2D eigenvalue weighted by Gasteiger charge is 2.45. The summed E-state index contributed by atoms with van der Waals surface area (Å²) in [5, 5.41) is 9.42. The van der Waals surface area contributed by atoms with Gasteiger partial charge in [-0.15, -0.1) is 0 Å². The van der Waals surface area contributed by atoms with Crippen LogP contribution in [0, 0.1) is 5.41 Å². The van der Waals surface area contributed by atoms with E-state index in [0.717, 1.165) is 13.0 Å². The zero-order valence-electron chi connectivity index (χ0n) is 9.82. The molecule has 3 rings (SSSR count). The molecule has 0 aromatic heterocycles. The molecule has 1 aromatic carbocycles. The van der Waals surface area contributed by atoms with Crippen LogP contribution in [0.2, 0.25) is 0 Å². The Morgan fingerprint density at radius 3 is 2.81 bits per heavy atom. The monoisotopic (exact) mass is 217 g/mol. The van der Waals surface area contributed by atoms with Crippen LogP contribution >= 0.6 is 0 Å². The van der Waals surface area contributed by atoms with Gasteiger partial charge in [-0.2, -0.15) is 0 Å². The first-order valence-electron chi connectivity index (χ1n) is 6.19. The molecule has 2 aliphatic rings. The molecular weight excluding hydrogens is 198 g/mol. The van der Waals surface area contributed by atoms with Gasteiger partial charge in [-0.25, -0.2) is 0 Å². The van der Waals surface area contributed by atoms with E-state index >= 15 is 0 Å². The zero-order chi connectivity index (χ0) is 11.2. The van der Waals surface area contributed by atoms with Gasteiger partial charge in [0.2, 0.25) is 0 Å². The Morgan fingerprint density at radius 1 is 1.38 bits per heavy atom. The lowest BCUT2D eigenvalue weighted by Crippen LogP contribution is -2.36. The molecule has 1 aliphatic carbocycles. The number of fused-ring (bicyclic) bond motifs is 1. The Kier molecular flexibility index (Phi) is 2.21. The largest absolute Gasteiger partial charge is 0.396 e. The minimum atomic E-state index is 0.214. The van der Waals surface area contributed by atoms with Gasteiger partial charge in [-0.3, -0.25) is 0 Å². The van der Waals surface area contributed by atoms with E-state index in [1.165, 1.54) is 24.1 Å². The highest BCUT2D eigenvalue weighted by Crippen LogP contribution is 2.48. The number of aliphatic hydroxyl groups excluding tert-OH is 1. The maximum absolute atomic E-state index is 9.42. The minimum Gasteiger partial charge on any atom is -0.396 e. The van der Waals surface area contributed by atoms with Gasteiger partial charge in [-0.1, -0.05) is 18.2 Å². The molecule has 1 fully saturated rings. The molecule has 1 saturated carbocycles. The second-order valence-corrected chi connectivity index (χ2v) is 5.47. The normalized spacial score (nSPS) is 25.6. The number of benzene rings is 1. The van der Waals surface area contributed by atoms with E-state index in [9.17, 15) is 5.11 Å². The summed E-state index contributed by atoms with van der Waals surface area (Å²) in [7, 11) is 0. The molecule has 0 radical (unpaired) electrons. The average molecular weight is 217 g/mol. The van der Waals surface area contributed by atoms with Gasteiger partial charge in [-0.05, 0) is 37.8 Å². The molecule has 16 heavy (non-hydrogen) atoms. The zero-order valence-corrected chi connectivity index (χ0v) is 9.82. The van der Waals surface area contributed by atoms with Crippen molar-refractivity contribution in [3.63, 3.8) is 0 Å². The lowest BCUT2D eigenvalue weighted by Gasteiger charge is -2.29. The molecule has 1 atom stereocenters. The first kappa shape index (κ1) is 10.2. The highest BCUT2D eigenvalue weighted by atomic mass is 16.3. The van der Waals surface area contributed by atoms with Crippen LogP contribution in [0.1, 0.15) is 25.3 Å². The first-order valence-corrected chi connectivity index (χ1v) is 6.19. The topological polar surface area (TPSA) is 23.5 Å². The number of anilines is 1. The molecule has 1 aromatic rings. The Bertz CT molecular complexity index is 397. The van der Waals surface area contributed by atoms with Crippen molar-refractivity contribution in [2.45, 2.75) is 32.2 Å². The predicted octanol–water partition coefficient (Wildman–Crippen LogP) is 2.21. The van der Waals surface area contributed by atoms with Crippen molar-refractivity contribution in [3.8, 4) is 0 Å². The molecule has 0 bridgehead atoms. The first-order chi connectivity index (χ1) is 7.74. The fourth-order valence-corrected chi connectivity index (χ4v) is 2.77. The fourth-order valence-electron chi connectivity index (χ4n) is 2.77. The van der Waals surface area contributed by atoms with Gasteiger partial charge in [0, 0.05) is 23.7 Å². The Labute approximate surface area is 96.9 Å². The number of hydrogen-bond acceptors (Lipinski definition) is 2. The quantitative estimate of drug-likeness (QED) is 0.839. The van der Waals surface area contributed by atoms with Gasteiger partial charge in [0.1, 0.15) is 0 Å². The van der Waals surface area contributed by atoms with E-state index in [1.54, 1.807) is 0 Å². The summed E-state index contributed by atoms with van der Waals surface area (Å²) in [6, 6.07) is 9.26. The highest BCUT2D eigenvalue weighted by molar-refractivity contribution is 5.59. The molecule has 0 amide bonds. The van der Waals surface area contributed by atoms with Crippen LogP contribution in [0.25, 0.3) is 0 Å².